The number of rotatable bonds is 7. The molecule has 2 N–H and O–H groups in total. The summed E-state index contributed by atoms with van der Waals surface area (Å²) in [6.45, 7) is 16.1. The van der Waals surface area contributed by atoms with Gasteiger partial charge >= 0.3 is 0 Å². The Balaban J connectivity index is 1.48. The molecule has 2 saturated heterocycles. The summed E-state index contributed by atoms with van der Waals surface area (Å²) < 4.78 is 5.61. The molecule has 2 heterocycles. The first-order chi connectivity index (χ1) is 18.8. The molecule has 1 saturated carbocycles. The quantitative estimate of drug-likeness (QED) is 0.436. The van der Waals surface area contributed by atoms with Crippen molar-refractivity contribution in [2.45, 2.75) is 116 Å². The van der Waals surface area contributed by atoms with Gasteiger partial charge in [0.05, 0.1) is 12.0 Å². The van der Waals surface area contributed by atoms with E-state index in [1.807, 2.05) is 6.08 Å². The topological polar surface area (TPSA) is 70.7 Å². The van der Waals surface area contributed by atoms with Crippen LogP contribution in [-0.2, 0) is 14.3 Å². The minimum Gasteiger partial charge on any atom is -0.381 e. The Morgan fingerprint density at radius 1 is 1.10 bits per heavy atom. The Hall–Kier alpha value is -1.92. The lowest BCUT2D eigenvalue weighted by molar-refractivity contribution is -0.137. The predicted molar refractivity (Wildman–Crippen MR) is 158 cm³/mol. The summed E-state index contributed by atoms with van der Waals surface area (Å²) >= 11 is 0. The third kappa shape index (κ3) is 6.53. The molecule has 2 aliphatic heterocycles. The van der Waals surface area contributed by atoms with Crippen LogP contribution < -0.4 is 10.6 Å². The second-order valence-corrected chi connectivity index (χ2v) is 12.5. The van der Waals surface area contributed by atoms with Crippen LogP contribution in [0, 0.1) is 17.3 Å². The minimum absolute atomic E-state index is 0.0127. The first-order valence-corrected chi connectivity index (χ1v) is 15.9. The normalized spacial score (nSPS) is 30.6. The molecule has 6 heteroatoms. The first kappa shape index (κ1) is 30.0. The maximum atomic E-state index is 13.7. The van der Waals surface area contributed by atoms with E-state index >= 15 is 0 Å². The van der Waals surface area contributed by atoms with Gasteiger partial charge in [-0.3, -0.25) is 14.5 Å². The zero-order chi connectivity index (χ0) is 28.0. The van der Waals surface area contributed by atoms with E-state index in [9.17, 15) is 9.59 Å². The van der Waals surface area contributed by atoms with Crippen molar-refractivity contribution < 1.29 is 14.3 Å². The van der Waals surface area contributed by atoms with Crippen molar-refractivity contribution in [3.8, 4) is 0 Å². The van der Waals surface area contributed by atoms with Crippen molar-refractivity contribution in [1.82, 2.24) is 15.5 Å². The molecule has 4 unspecified atom stereocenters. The Kier molecular flexibility index (Phi) is 10.5. The van der Waals surface area contributed by atoms with Crippen LogP contribution in [0.25, 0.3) is 0 Å². The molecule has 218 valence electrons. The zero-order valence-electron chi connectivity index (χ0n) is 25.0. The number of amides is 2. The molecule has 0 radical (unpaired) electrons. The van der Waals surface area contributed by atoms with Gasteiger partial charge in [-0.2, -0.15) is 0 Å². The third-order valence-electron chi connectivity index (χ3n) is 10.5. The lowest BCUT2D eigenvalue weighted by Gasteiger charge is -2.51. The monoisotopic (exact) mass is 539 g/mol. The van der Waals surface area contributed by atoms with Gasteiger partial charge in [0.15, 0.2) is 0 Å². The van der Waals surface area contributed by atoms with E-state index in [4.69, 9.17) is 4.74 Å². The van der Waals surface area contributed by atoms with Crippen LogP contribution >= 0.6 is 0 Å². The molecule has 4 atom stereocenters. The molecule has 0 aromatic heterocycles. The van der Waals surface area contributed by atoms with E-state index in [-0.39, 0.29) is 41.1 Å². The van der Waals surface area contributed by atoms with Gasteiger partial charge in [0, 0.05) is 37.4 Å². The van der Waals surface area contributed by atoms with E-state index in [1.165, 1.54) is 44.1 Å². The van der Waals surface area contributed by atoms with Gasteiger partial charge in [-0.15, -0.1) is 0 Å². The van der Waals surface area contributed by atoms with Gasteiger partial charge in [-0.05, 0) is 74.1 Å². The summed E-state index contributed by atoms with van der Waals surface area (Å²) in [6.07, 6.45) is 17.2. The number of nitrogens with one attached hydrogen (secondary N) is 2. The van der Waals surface area contributed by atoms with Crippen molar-refractivity contribution in [3.63, 3.8) is 0 Å². The van der Waals surface area contributed by atoms with Crippen LogP contribution in [0.5, 0.6) is 0 Å². The third-order valence-corrected chi connectivity index (χ3v) is 10.5. The van der Waals surface area contributed by atoms with Crippen molar-refractivity contribution in [1.29, 1.82) is 0 Å². The second-order valence-electron chi connectivity index (χ2n) is 12.5. The Morgan fingerprint density at radius 3 is 2.36 bits per heavy atom. The Bertz CT molecular complexity index is 938. The maximum Gasteiger partial charge on any atom is 0.251 e. The smallest absolute Gasteiger partial charge is 0.251 e. The van der Waals surface area contributed by atoms with Crippen molar-refractivity contribution in [2.24, 2.45) is 17.3 Å². The molecule has 4 rings (SSSR count). The number of ether oxygens (including phenoxy) is 1. The maximum absolute atomic E-state index is 13.7. The molecule has 0 aromatic carbocycles. The predicted octanol–water partition coefficient (Wildman–Crippen LogP) is 5.70. The summed E-state index contributed by atoms with van der Waals surface area (Å²) in [6, 6.07) is 0.619. The summed E-state index contributed by atoms with van der Waals surface area (Å²) in [7, 11) is 0. The summed E-state index contributed by atoms with van der Waals surface area (Å²) in [5.41, 5.74) is 2.81. The van der Waals surface area contributed by atoms with Gasteiger partial charge in [0.2, 0.25) is 5.91 Å². The highest BCUT2D eigenvalue weighted by molar-refractivity contribution is 5.99. The number of likely N-dealkylation sites (N-methyl/N-ethyl adjacent to an activating group) is 1. The SMILES string of the molecule is C=C1C(C(=O)NCC2C(=O)NC(C)C3(CCCCCCCC3)C2C)=CC(CC)=CC1N(CC)C1CCOCC1. The van der Waals surface area contributed by atoms with Crippen LogP contribution in [0.4, 0.5) is 0 Å². The minimum atomic E-state index is -0.213. The summed E-state index contributed by atoms with van der Waals surface area (Å²) in [4.78, 5) is 29.4. The lowest BCUT2D eigenvalue weighted by Crippen LogP contribution is -2.61. The van der Waals surface area contributed by atoms with Crippen molar-refractivity contribution in [2.75, 3.05) is 26.3 Å². The number of nitrogens with zero attached hydrogens (tertiary/aromatic N) is 1. The van der Waals surface area contributed by atoms with E-state index in [0.717, 1.165) is 57.4 Å². The molecular formula is C33H53N3O3. The van der Waals surface area contributed by atoms with Crippen LogP contribution in [-0.4, -0.2) is 61.1 Å². The fourth-order valence-electron chi connectivity index (χ4n) is 7.90. The van der Waals surface area contributed by atoms with Gasteiger partial charge in [-0.25, -0.2) is 0 Å². The summed E-state index contributed by atoms with van der Waals surface area (Å²) in [5, 5.41) is 6.53. The Labute approximate surface area is 237 Å². The number of hydrogen-bond acceptors (Lipinski definition) is 4. The zero-order valence-corrected chi connectivity index (χ0v) is 25.0. The highest BCUT2D eigenvalue weighted by Gasteiger charge is 2.50. The molecule has 1 spiro atoms. The molecule has 3 fully saturated rings. The van der Waals surface area contributed by atoms with Crippen LogP contribution in [0.1, 0.15) is 98.3 Å². The number of hydrogen-bond donors (Lipinski definition) is 2. The standard InChI is InChI=1S/C33H53N3O3/c1-6-26-20-28(23(3)30(21-26)36(7-2)27-14-18-39-19-15-27)31(37)34-22-29-24(4)33(25(5)35-32(29)38)16-12-10-8-9-11-13-17-33/h20-21,24-25,27,29-30H,3,6-19,22H2,1-2,4-5H3,(H,34,37)(H,35,38). The van der Waals surface area contributed by atoms with Gasteiger partial charge < -0.3 is 15.4 Å². The van der Waals surface area contributed by atoms with E-state index < -0.39 is 0 Å². The second kappa shape index (κ2) is 13.6. The molecule has 39 heavy (non-hydrogen) atoms. The van der Waals surface area contributed by atoms with Crippen LogP contribution in [0.15, 0.2) is 35.5 Å². The molecule has 0 aromatic rings. The van der Waals surface area contributed by atoms with Crippen LogP contribution in [0.2, 0.25) is 0 Å². The van der Waals surface area contributed by atoms with E-state index in [2.05, 4.69) is 55.9 Å². The number of piperidine rings is 1. The van der Waals surface area contributed by atoms with E-state index in [1.54, 1.807) is 0 Å². The van der Waals surface area contributed by atoms with Crippen molar-refractivity contribution >= 4 is 11.8 Å². The molecule has 0 bridgehead atoms. The summed E-state index contributed by atoms with van der Waals surface area (Å²) in [5.74, 6) is -0.00368. The number of allylic oxidation sites excluding steroid dienone is 2. The highest BCUT2D eigenvalue weighted by atomic mass is 16.5. The number of carbonyl (C=O) groups is 2. The first-order valence-electron chi connectivity index (χ1n) is 15.9. The van der Waals surface area contributed by atoms with Gasteiger partial charge in [0.1, 0.15) is 0 Å². The fourth-order valence-corrected chi connectivity index (χ4v) is 7.90. The lowest BCUT2D eigenvalue weighted by atomic mass is 9.59. The molecular weight excluding hydrogens is 486 g/mol. The van der Waals surface area contributed by atoms with Crippen LogP contribution in [0.3, 0.4) is 0 Å². The highest BCUT2D eigenvalue weighted by Crippen LogP contribution is 2.48. The largest absolute Gasteiger partial charge is 0.381 e. The van der Waals surface area contributed by atoms with Gasteiger partial charge in [-0.1, -0.05) is 72.0 Å². The van der Waals surface area contributed by atoms with E-state index in [0.29, 0.717) is 18.2 Å². The molecule has 2 amide bonds. The fraction of sp³-hybridized carbons (Fsp3) is 0.758. The molecule has 2 aliphatic carbocycles. The Morgan fingerprint density at radius 2 is 1.74 bits per heavy atom. The average Bonchev–Trinajstić information content (AvgIpc) is 3.07. The van der Waals surface area contributed by atoms with Crippen molar-refractivity contribution in [3.05, 3.63) is 35.5 Å². The van der Waals surface area contributed by atoms with Gasteiger partial charge in [0.25, 0.3) is 5.91 Å². The average molecular weight is 540 g/mol. The molecule has 4 aliphatic rings. The molecule has 6 nitrogen and oxygen atoms in total. The number of carbonyl (C=O) groups excluding carboxylic acids is 2.